The molecule has 0 heterocycles. The monoisotopic (exact) mass is 764 g/mol. The van der Waals surface area contributed by atoms with Crippen LogP contribution in [0, 0.1) is 0 Å². The SMILES string of the molecule is CC/C=C/C/C=C/C/C=C/C/C=C/CCCCC(=O)O[C@H](COC(=O)CCC/C=C/C/C=C/CCCCCCCCCCC)COP(=O)(O)OCCN. The first-order valence-corrected chi connectivity index (χ1v) is 21.9. The van der Waals surface area contributed by atoms with Crippen LogP contribution in [-0.2, 0) is 32.7 Å². The Morgan fingerprint density at radius 1 is 0.585 bits per heavy atom. The summed E-state index contributed by atoms with van der Waals surface area (Å²) in [6.45, 7) is 3.50. The molecule has 0 spiro atoms. The molecule has 0 aromatic carbocycles. The molecular weight excluding hydrogens is 689 g/mol. The molecule has 0 amide bonds. The van der Waals surface area contributed by atoms with E-state index in [2.05, 4.69) is 86.8 Å². The summed E-state index contributed by atoms with van der Waals surface area (Å²) >= 11 is 0. The molecule has 0 saturated carbocycles. The Kier molecular flexibility index (Phi) is 37.3. The van der Waals surface area contributed by atoms with E-state index < -0.39 is 32.5 Å². The Morgan fingerprint density at radius 3 is 1.60 bits per heavy atom. The first kappa shape index (κ1) is 50.5. The van der Waals surface area contributed by atoms with Crippen molar-refractivity contribution in [2.75, 3.05) is 26.4 Å². The molecule has 9 nitrogen and oxygen atoms in total. The third kappa shape index (κ3) is 39.0. The van der Waals surface area contributed by atoms with Crippen LogP contribution < -0.4 is 5.73 Å². The van der Waals surface area contributed by atoms with Crippen molar-refractivity contribution in [2.45, 2.75) is 161 Å². The van der Waals surface area contributed by atoms with Crippen LogP contribution in [-0.4, -0.2) is 49.3 Å². The van der Waals surface area contributed by atoms with E-state index in [4.69, 9.17) is 24.3 Å². The van der Waals surface area contributed by atoms with Crippen LogP contribution in [0.3, 0.4) is 0 Å². The third-order valence-electron chi connectivity index (χ3n) is 8.08. The number of nitrogens with two attached hydrogens (primary N) is 1. The second-order valence-electron chi connectivity index (χ2n) is 13.1. The summed E-state index contributed by atoms with van der Waals surface area (Å²) in [5, 5.41) is 0. The highest BCUT2D eigenvalue weighted by Crippen LogP contribution is 2.43. The van der Waals surface area contributed by atoms with Gasteiger partial charge in [-0.15, -0.1) is 0 Å². The van der Waals surface area contributed by atoms with E-state index in [1.54, 1.807) is 0 Å². The first-order valence-electron chi connectivity index (χ1n) is 20.4. The Balaban J connectivity index is 4.33. The summed E-state index contributed by atoms with van der Waals surface area (Å²) in [6.07, 6.45) is 46.6. The van der Waals surface area contributed by atoms with E-state index in [0.717, 1.165) is 57.8 Å². The zero-order valence-electron chi connectivity index (χ0n) is 33.2. The van der Waals surface area contributed by atoms with Crippen LogP contribution >= 0.6 is 7.82 Å². The van der Waals surface area contributed by atoms with E-state index in [-0.39, 0.29) is 32.6 Å². The summed E-state index contributed by atoms with van der Waals surface area (Å²) in [5.74, 6) is -0.937. The molecule has 0 aromatic rings. The van der Waals surface area contributed by atoms with Crippen molar-refractivity contribution >= 4 is 19.8 Å². The Labute approximate surface area is 322 Å². The predicted molar refractivity (Wildman–Crippen MR) is 219 cm³/mol. The molecule has 0 aliphatic heterocycles. The summed E-state index contributed by atoms with van der Waals surface area (Å²) < 4.78 is 32.6. The summed E-state index contributed by atoms with van der Waals surface area (Å²) in [7, 11) is -4.40. The van der Waals surface area contributed by atoms with Crippen LogP contribution in [0.1, 0.15) is 155 Å². The summed E-state index contributed by atoms with van der Waals surface area (Å²) in [5.41, 5.74) is 5.33. The maximum atomic E-state index is 12.5. The van der Waals surface area contributed by atoms with Gasteiger partial charge in [-0.1, -0.05) is 138 Å². The maximum Gasteiger partial charge on any atom is 0.472 e. The molecule has 304 valence electrons. The summed E-state index contributed by atoms with van der Waals surface area (Å²) in [4.78, 5) is 34.8. The van der Waals surface area contributed by atoms with Gasteiger partial charge in [-0.25, -0.2) is 4.57 Å². The number of rotatable bonds is 37. The second kappa shape index (κ2) is 39.2. The van der Waals surface area contributed by atoms with Crippen molar-refractivity contribution in [1.29, 1.82) is 0 Å². The molecule has 0 fully saturated rings. The van der Waals surface area contributed by atoms with Crippen LogP contribution in [0.5, 0.6) is 0 Å². The lowest BCUT2D eigenvalue weighted by molar-refractivity contribution is -0.161. The van der Waals surface area contributed by atoms with Gasteiger partial charge in [0, 0.05) is 19.4 Å². The molecule has 3 N–H and O–H groups in total. The molecular formula is C43H74NO8P. The molecule has 0 rings (SSSR count). The Hall–Kier alpha value is -2.55. The van der Waals surface area contributed by atoms with Gasteiger partial charge in [0.1, 0.15) is 6.61 Å². The Morgan fingerprint density at radius 2 is 1.06 bits per heavy atom. The zero-order chi connectivity index (χ0) is 38.9. The minimum Gasteiger partial charge on any atom is -0.462 e. The topological polar surface area (TPSA) is 134 Å². The minimum atomic E-state index is -4.40. The van der Waals surface area contributed by atoms with Gasteiger partial charge in [-0.3, -0.25) is 18.6 Å². The van der Waals surface area contributed by atoms with Gasteiger partial charge in [0.2, 0.25) is 0 Å². The minimum absolute atomic E-state index is 0.0378. The number of allylic oxidation sites excluding steroid dienone is 12. The zero-order valence-corrected chi connectivity index (χ0v) is 34.1. The van der Waals surface area contributed by atoms with Crippen molar-refractivity contribution in [3.8, 4) is 0 Å². The fourth-order valence-corrected chi connectivity index (χ4v) is 5.84. The highest BCUT2D eigenvalue weighted by molar-refractivity contribution is 7.47. The van der Waals surface area contributed by atoms with Crippen molar-refractivity contribution in [3.05, 3.63) is 72.9 Å². The van der Waals surface area contributed by atoms with E-state index in [0.29, 0.717) is 12.8 Å². The molecule has 53 heavy (non-hydrogen) atoms. The average Bonchev–Trinajstić information content (AvgIpc) is 3.14. The number of phosphoric acid groups is 1. The van der Waals surface area contributed by atoms with Crippen LogP contribution in [0.2, 0.25) is 0 Å². The van der Waals surface area contributed by atoms with E-state index in [1.165, 1.54) is 57.8 Å². The van der Waals surface area contributed by atoms with E-state index in [9.17, 15) is 19.0 Å². The van der Waals surface area contributed by atoms with Crippen molar-refractivity contribution in [3.63, 3.8) is 0 Å². The quantitative estimate of drug-likeness (QED) is 0.0274. The highest BCUT2D eigenvalue weighted by Gasteiger charge is 2.25. The van der Waals surface area contributed by atoms with Crippen molar-refractivity contribution in [2.24, 2.45) is 5.73 Å². The number of unbranched alkanes of at least 4 members (excludes halogenated alkanes) is 12. The van der Waals surface area contributed by atoms with E-state index >= 15 is 0 Å². The predicted octanol–water partition coefficient (Wildman–Crippen LogP) is 11.5. The molecule has 0 aromatic heterocycles. The molecule has 10 heteroatoms. The smallest absolute Gasteiger partial charge is 0.462 e. The van der Waals surface area contributed by atoms with Gasteiger partial charge >= 0.3 is 19.8 Å². The number of carbonyl (C=O) groups is 2. The lowest BCUT2D eigenvalue weighted by atomic mass is 10.1. The average molecular weight is 764 g/mol. The van der Waals surface area contributed by atoms with Crippen LogP contribution in [0.25, 0.3) is 0 Å². The van der Waals surface area contributed by atoms with Gasteiger partial charge in [0.15, 0.2) is 6.10 Å². The number of carbonyl (C=O) groups excluding carboxylic acids is 2. The van der Waals surface area contributed by atoms with E-state index in [1.807, 2.05) is 0 Å². The lowest BCUT2D eigenvalue weighted by Crippen LogP contribution is -2.29. The van der Waals surface area contributed by atoms with Crippen LogP contribution in [0.15, 0.2) is 72.9 Å². The standard InChI is InChI=1S/C43H74NO8P/c1-3-5-7-9-11-13-15-17-19-20-22-23-25-27-29-31-33-35-42(45)49-39-41(40-51-53(47,48)50-38-37-44)52-43(46)36-34-32-30-28-26-24-21-18-16-14-12-10-8-6-4-2/h6,8,12,14,18,21-23,26-29,41H,3-5,7,9-11,13,15-17,19-20,24-25,30-40,44H2,1-2H3,(H,47,48)/b8-6+,14-12+,21-18+,23-22+,28-26+,29-27+/t41-/m1/s1. The largest absolute Gasteiger partial charge is 0.472 e. The van der Waals surface area contributed by atoms with Gasteiger partial charge < -0.3 is 20.1 Å². The third-order valence-corrected chi connectivity index (χ3v) is 9.06. The highest BCUT2D eigenvalue weighted by atomic mass is 31.2. The van der Waals surface area contributed by atoms with Crippen LogP contribution in [0.4, 0.5) is 0 Å². The van der Waals surface area contributed by atoms with Gasteiger partial charge in [0.25, 0.3) is 0 Å². The fraction of sp³-hybridized carbons (Fsp3) is 0.674. The Bertz CT molecular complexity index is 1100. The molecule has 0 radical (unpaired) electrons. The number of esters is 2. The fourth-order valence-electron chi connectivity index (χ4n) is 5.07. The number of hydrogen-bond donors (Lipinski definition) is 2. The summed E-state index contributed by atoms with van der Waals surface area (Å²) in [6, 6.07) is 0. The first-order chi connectivity index (χ1) is 25.8. The number of phosphoric ester groups is 1. The number of ether oxygens (including phenoxy) is 2. The maximum absolute atomic E-state index is 12.5. The van der Waals surface area contributed by atoms with Crippen molar-refractivity contribution in [1.82, 2.24) is 0 Å². The second-order valence-corrected chi connectivity index (χ2v) is 14.6. The molecule has 0 aliphatic carbocycles. The molecule has 0 bridgehead atoms. The normalized spacial score (nSPS) is 14.1. The molecule has 0 saturated heterocycles. The van der Waals surface area contributed by atoms with Gasteiger partial charge in [-0.05, 0) is 77.0 Å². The van der Waals surface area contributed by atoms with Gasteiger partial charge in [-0.2, -0.15) is 0 Å². The molecule has 2 atom stereocenters. The van der Waals surface area contributed by atoms with Gasteiger partial charge in [0.05, 0.1) is 13.2 Å². The molecule has 1 unspecified atom stereocenters. The number of hydrogen-bond acceptors (Lipinski definition) is 8. The molecule has 0 aliphatic rings. The lowest BCUT2D eigenvalue weighted by Gasteiger charge is -2.19. The van der Waals surface area contributed by atoms with Crippen molar-refractivity contribution < 1.29 is 37.6 Å².